The SMILES string of the molecule is O=C(O)COc1cccc2c1CCC[C@H]2NS(=O)(=O)c1ccc(Oc2ccccc2Cl)c(C(F)(F)F)c1. The standard InChI is InChI=1S/C25H21ClF3NO6S/c26-19-7-1-2-9-23(19)36-22-12-11-15(13-18(22)25(27,28)29)37(33,34)30-20-8-3-6-17-16(20)5-4-10-21(17)35-14-24(31)32/h1-2,4-5,7,9-13,20,30H,3,6,8,14H2,(H,31,32)/t20-/m1/s1. The van der Waals surface area contributed by atoms with E-state index in [1.807, 2.05) is 0 Å². The fraction of sp³-hybridized carbons (Fsp3) is 0.240. The van der Waals surface area contributed by atoms with Crippen molar-refractivity contribution in [1.29, 1.82) is 0 Å². The number of nitrogens with one attached hydrogen (secondary N) is 1. The number of halogens is 4. The molecule has 2 N–H and O–H groups in total. The number of rotatable bonds is 8. The number of aliphatic carboxylic acids is 1. The number of carboxylic acid groups (broad SMARTS) is 1. The van der Waals surface area contributed by atoms with Crippen LogP contribution < -0.4 is 14.2 Å². The zero-order chi connectivity index (χ0) is 26.8. The first kappa shape index (κ1) is 26.8. The van der Waals surface area contributed by atoms with Gasteiger partial charge in [-0.15, -0.1) is 0 Å². The summed E-state index contributed by atoms with van der Waals surface area (Å²) in [5.74, 6) is -1.44. The molecule has 7 nitrogen and oxygen atoms in total. The number of alkyl halides is 3. The van der Waals surface area contributed by atoms with E-state index in [0.717, 1.165) is 12.1 Å². The number of benzene rings is 3. The molecule has 0 aromatic heterocycles. The Morgan fingerprint density at radius 2 is 1.78 bits per heavy atom. The summed E-state index contributed by atoms with van der Waals surface area (Å²) in [4.78, 5) is 10.3. The maximum absolute atomic E-state index is 13.9. The van der Waals surface area contributed by atoms with Crippen LogP contribution in [0.25, 0.3) is 0 Å². The van der Waals surface area contributed by atoms with E-state index >= 15 is 0 Å². The van der Waals surface area contributed by atoms with Crippen LogP contribution in [0, 0.1) is 0 Å². The van der Waals surface area contributed by atoms with Crippen molar-refractivity contribution in [3.05, 3.63) is 82.4 Å². The van der Waals surface area contributed by atoms with E-state index in [-0.39, 0.29) is 10.8 Å². The van der Waals surface area contributed by atoms with Crippen LogP contribution in [0.3, 0.4) is 0 Å². The number of hydrogen-bond donors (Lipinski definition) is 2. The smallest absolute Gasteiger partial charge is 0.420 e. The molecule has 196 valence electrons. The fourth-order valence-corrected chi connectivity index (χ4v) is 5.55. The van der Waals surface area contributed by atoms with Gasteiger partial charge in [-0.3, -0.25) is 0 Å². The van der Waals surface area contributed by atoms with Crippen LogP contribution in [-0.2, 0) is 27.4 Å². The number of hydrogen-bond acceptors (Lipinski definition) is 5. The molecule has 4 rings (SSSR count). The monoisotopic (exact) mass is 555 g/mol. The normalized spacial score (nSPS) is 15.6. The van der Waals surface area contributed by atoms with E-state index < -0.39 is 51.0 Å². The van der Waals surface area contributed by atoms with Crippen molar-refractivity contribution >= 4 is 27.6 Å². The summed E-state index contributed by atoms with van der Waals surface area (Å²) in [5, 5.41) is 8.99. The Labute approximate surface area is 215 Å². The van der Waals surface area contributed by atoms with Crippen LogP contribution in [-0.4, -0.2) is 26.1 Å². The molecule has 0 fully saturated rings. The lowest BCUT2D eigenvalue weighted by Gasteiger charge is -2.28. The highest BCUT2D eigenvalue weighted by atomic mass is 35.5. The largest absolute Gasteiger partial charge is 0.482 e. The minimum atomic E-state index is -4.91. The Morgan fingerprint density at radius 3 is 2.49 bits per heavy atom. The molecule has 0 heterocycles. The number of carboxylic acids is 1. The summed E-state index contributed by atoms with van der Waals surface area (Å²) in [6, 6.07) is 12.6. The molecule has 0 saturated heterocycles. The van der Waals surface area contributed by atoms with Crippen molar-refractivity contribution < 1.29 is 41.0 Å². The van der Waals surface area contributed by atoms with Crippen LogP contribution in [0.5, 0.6) is 17.2 Å². The number of carbonyl (C=O) groups is 1. The van der Waals surface area contributed by atoms with E-state index in [4.69, 9.17) is 26.2 Å². The molecular weight excluding hydrogens is 535 g/mol. The average molecular weight is 556 g/mol. The van der Waals surface area contributed by atoms with Gasteiger partial charge >= 0.3 is 12.1 Å². The lowest BCUT2D eigenvalue weighted by molar-refractivity contribution is -0.140. The van der Waals surface area contributed by atoms with Crippen LogP contribution >= 0.6 is 11.6 Å². The average Bonchev–Trinajstić information content (AvgIpc) is 2.83. The lowest BCUT2D eigenvalue weighted by Crippen LogP contribution is -2.31. The second-order valence-electron chi connectivity index (χ2n) is 8.26. The third-order valence-electron chi connectivity index (χ3n) is 5.74. The highest BCUT2D eigenvalue weighted by Crippen LogP contribution is 2.41. The Kier molecular flexibility index (Phi) is 7.67. The second kappa shape index (κ2) is 10.6. The van der Waals surface area contributed by atoms with Crippen molar-refractivity contribution in [2.24, 2.45) is 0 Å². The third-order valence-corrected chi connectivity index (χ3v) is 7.52. The highest BCUT2D eigenvalue weighted by Gasteiger charge is 2.37. The van der Waals surface area contributed by atoms with E-state index in [1.165, 1.54) is 18.2 Å². The fourth-order valence-electron chi connectivity index (χ4n) is 4.10. The minimum absolute atomic E-state index is 0.0110. The summed E-state index contributed by atoms with van der Waals surface area (Å²) >= 11 is 5.99. The van der Waals surface area contributed by atoms with Crippen molar-refractivity contribution in [2.75, 3.05) is 6.61 Å². The molecule has 0 spiro atoms. The minimum Gasteiger partial charge on any atom is -0.482 e. The molecule has 1 atom stereocenters. The van der Waals surface area contributed by atoms with Gasteiger partial charge in [-0.1, -0.05) is 35.9 Å². The van der Waals surface area contributed by atoms with E-state index in [1.54, 1.807) is 24.3 Å². The van der Waals surface area contributed by atoms with Gasteiger partial charge in [0.2, 0.25) is 10.0 Å². The summed E-state index contributed by atoms with van der Waals surface area (Å²) in [5.41, 5.74) is -0.0432. The Morgan fingerprint density at radius 1 is 1.05 bits per heavy atom. The molecule has 1 aliphatic carbocycles. The van der Waals surface area contributed by atoms with Crippen molar-refractivity contribution in [1.82, 2.24) is 4.72 Å². The van der Waals surface area contributed by atoms with Crippen LogP contribution in [0.15, 0.2) is 65.6 Å². The van der Waals surface area contributed by atoms with Gasteiger partial charge < -0.3 is 14.6 Å². The number of ether oxygens (including phenoxy) is 2. The molecular formula is C25H21ClF3NO6S. The maximum Gasteiger partial charge on any atom is 0.420 e. The first-order valence-electron chi connectivity index (χ1n) is 11.1. The number of para-hydroxylation sites is 1. The number of fused-ring (bicyclic) bond motifs is 1. The molecule has 37 heavy (non-hydrogen) atoms. The van der Waals surface area contributed by atoms with Crippen LogP contribution in [0.1, 0.15) is 35.6 Å². The van der Waals surface area contributed by atoms with Gasteiger partial charge in [-0.05, 0) is 66.8 Å². The van der Waals surface area contributed by atoms with Crippen molar-refractivity contribution in [2.45, 2.75) is 36.4 Å². The number of sulfonamides is 1. The Hall–Kier alpha value is -3.28. The van der Waals surface area contributed by atoms with Gasteiger partial charge in [-0.2, -0.15) is 13.2 Å². The van der Waals surface area contributed by atoms with Gasteiger partial charge in [-0.25, -0.2) is 17.9 Å². The molecule has 3 aromatic carbocycles. The van der Waals surface area contributed by atoms with Crippen molar-refractivity contribution in [3.63, 3.8) is 0 Å². The predicted octanol–water partition coefficient (Wildman–Crippen LogP) is 5.97. The molecule has 0 unspecified atom stereocenters. The summed E-state index contributed by atoms with van der Waals surface area (Å²) in [6.45, 7) is -0.560. The zero-order valence-electron chi connectivity index (χ0n) is 19.1. The molecule has 12 heteroatoms. The van der Waals surface area contributed by atoms with Gasteiger partial charge in [0.05, 0.1) is 15.5 Å². The first-order valence-corrected chi connectivity index (χ1v) is 12.9. The second-order valence-corrected chi connectivity index (χ2v) is 10.4. The van der Waals surface area contributed by atoms with Crippen molar-refractivity contribution in [3.8, 4) is 17.2 Å². The van der Waals surface area contributed by atoms with Gasteiger partial charge in [0.15, 0.2) is 6.61 Å². The maximum atomic E-state index is 13.9. The molecule has 0 aliphatic heterocycles. The third kappa shape index (κ3) is 6.17. The Bertz CT molecular complexity index is 1430. The van der Waals surface area contributed by atoms with Crippen LogP contribution in [0.4, 0.5) is 13.2 Å². The molecule has 1 aliphatic rings. The van der Waals surface area contributed by atoms with Crippen LogP contribution in [0.2, 0.25) is 5.02 Å². The van der Waals surface area contributed by atoms with E-state index in [9.17, 15) is 26.4 Å². The van der Waals surface area contributed by atoms with Gasteiger partial charge in [0.25, 0.3) is 0 Å². The van der Waals surface area contributed by atoms with Gasteiger partial charge in [0, 0.05) is 6.04 Å². The molecule has 0 amide bonds. The topological polar surface area (TPSA) is 102 Å². The summed E-state index contributed by atoms with van der Waals surface area (Å²) in [7, 11) is -4.39. The Balaban J connectivity index is 1.64. The molecule has 0 bridgehead atoms. The first-order chi connectivity index (χ1) is 17.5. The quantitative estimate of drug-likeness (QED) is 0.355. The molecule has 3 aromatic rings. The summed E-state index contributed by atoms with van der Waals surface area (Å²) in [6.07, 6.45) is -3.41. The molecule has 0 radical (unpaired) electrons. The van der Waals surface area contributed by atoms with E-state index in [0.29, 0.717) is 42.2 Å². The lowest BCUT2D eigenvalue weighted by atomic mass is 9.87. The molecule has 0 saturated carbocycles. The van der Waals surface area contributed by atoms with Gasteiger partial charge in [0.1, 0.15) is 17.2 Å². The highest BCUT2D eigenvalue weighted by molar-refractivity contribution is 7.89. The predicted molar refractivity (Wildman–Crippen MR) is 129 cm³/mol. The zero-order valence-corrected chi connectivity index (χ0v) is 20.7. The summed E-state index contributed by atoms with van der Waals surface area (Å²) < 4.78 is 81.1. The van der Waals surface area contributed by atoms with E-state index in [2.05, 4.69) is 4.72 Å².